The van der Waals surface area contributed by atoms with E-state index in [0.29, 0.717) is 11.2 Å². The quantitative estimate of drug-likeness (QED) is 0.569. The molecule has 0 spiro atoms. The van der Waals surface area contributed by atoms with Crippen LogP contribution in [0.3, 0.4) is 0 Å². The summed E-state index contributed by atoms with van der Waals surface area (Å²) in [5, 5.41) is 12.8. The fraction of sp³-hybridized carbons (Fsp3) is 0.0667. The van der Waals surface area contributed by atoms with E-state index in [9.17, 15) is 4.79 Å². The lowest BCUT2D eigenvalue weighted by Gasteiger charge is -2.01. The maximum atomic E-state index is 11.8. The van der Waals surface area contributed by atoms with Crippen molar-refractivity contribution < 1.29 is 0 Å². The van der Waals surface area contributed by atoms with E-state index in [1.54, 1.807) is 16.8 Å². The first-order valence-electron chi connectivity index (χ1n) is 6.64. The minimum atomic E-state index is -0.273. The minimum absolute atomic E-state index is 0.273. The summed E-state index contributed by atoms with van der Waals surface area (Å²) in [7, 11) is 0. The van der Waals surface area contributed by atoms with Gasteiger partial charge in [0.15, 0.2) is 11.2 Å². The number of pyridine rings is 1. The third-order valence-corrected chi connectivity index (χ3v) is 4.08. The summed E-state index contributed by atoms with van der Waals surface area (Å²) in [6, 6.07) is 9.71. The van der Waals surface area contributed by atoms with Crippen molar-refractivity contribution in [3.8, 4) is 11.1 Å². The molecule has 0 bridgehead atoms. The molecule has 4 aromatic rings. The highest BCUT2D eigenvalue weighted by Crippen LogP contribution is 2.28. The van der Waals surface area contributed by atoms with E-state index in [0.717, 1.165) is 21.3 Å². The maximum absolute atomic E-state index is 11.8. The van der Waals surface area contributed by atoms with Crippen LogP contribution in [-0.2, 0) is 0 Å². The number of nitrogens with zero attached hydrogens (tertiary/aromatic N) is 4. The van der Waals surface area contributed by atoms with Crippen molar-refractivity contribution >= 4 is 32.6 Å². The van der Waals surface area contributed by atoms with Crippen LogP contribution >= 0.6 is 15.9 Å². The molecule has 22 heavy (non-hydrogen) atoms. The van der Waals surface area contributed by atoms with Gasteiger partial charge in [0.2, 0.25) is 0 Å². The molecule has 0 aliphatic carbocycles. The zero-order valence-corrected chi connectivity index (χ0v) is 13.1. The molecule has 4 rings (SSSR count). The molecule has 0 amide bonds. The number of hydrogen-bond acceptors (Lipinski definition) is 4. The molecule has 0 atom stereocenters. The Morgan fingerprint density at radius 1 is 1.14 bits per heavy atom. The van der Waals surface area contributed by atoms with Gasteiger partial charge in [-0.3, -0.25) is 4.79 Å². The van der Waals surface area contributed by atoms with Crippen LogP contribution in [0, 0.1) is 6.92 Å². The van der Waals surface area contributed by atoms with Crippen molar-refractivity contribution in [3.05, 3.63) is 57.0 Å². The smallest absolute Gasteiger partial charge is 0.277 e. The second-order valence-corrected chi connectivity index (χ2v) is 5.86. The maximum Gasteiger partial charge on any atom is 0.277 e. The van der Waals surface area contributed by atoms with Crippen LogP contribution in [0.25, 0.3) is 27.8 Å². The summed E-state index contributed by atoms with van der Waals surface area (Å²) in [6.45, 7) is 1.92. The van der Waals surface area contributed by atoms with Crippen molar-refractivity contribution in [2.75, 3.05) is 0 Å². The number of hydrogen-bond donors (Lipinski definition) is 1. The van der Waals surface area contributed by atoms with Crippen LogP contribution in [0.1, 0.15) is 5.69 Å². The van der Waals surface area contributed by atoms with Crippen molar-refractivity contribution in [3.63, 3.8) is 0 Å². The summed E-state index contributed by atoms with van der Waals surface area (Å²) in [4.78, 5) is 14.4. The lowest BCUT2D eigenvalue weighted by molar-refractivity contribution is 0.920. The highest BCUT2D eigenvalue weighted by atomic mass is 79.9. The summed E-state index contributed by atoms with van der Waals surface area (Å²) in [6.07, 6.45) is 1.59. The Morgan fingerprint density at radius 2 is 1.91 bits per heavy atom. The molecule has 0 aliphatic rings. The van der Waals surface area contributed by atoms with Gasteiger partial charge in [0.05, 0.1) is 11.3 Å². The Bertz CT molecular complexity index is 1070. The average Bonchev–Trinajstić information content (AvgIpc) is 2.85. The molecule has 3 aromatic heterocycles. The van der Waals surface area contributed by atoms with Gasteiger partial charge in [-0.2, -0.15) is 5.10 Å². The first kappa shape index (κ1) is 13.1. The number of aromatic nitrogens is 5. The first-order valence-corrected chi connectivity index (χ1v) is 7.44. The molecule has 108 valence electrons. The van der Waals surface area contributed by atoms with Gasteiger partial charge in [-0.1, -0.05) is 28.1 Å². The van der Waals surface area contributed by atoms with E-state index in [-0.39, 0.29) is 11.1 Å². The van der Waals surface area contributed by atoms with E-state index in [1.165, 1.54) is 0 Å². The Balaban J connectivity index is 2.11. The number of aromatic amines is 1. The number of halogens is 1. The molecule has 3 heterocycles. The van der Waals surface area contributed by atoms with Crippen molar-refractivity contribution in [2.45, 2.75) is 6.92 Å². The number of aryl methyl sites for hydroxylation is 1. The summed E-state index contributed by atoms with van der Waals surface area (Å²) in [5.74, 6) is 0. The number of benzene rings is 1. The Kier molecular flexibility index (Phi) is 2.83. The predicted octanol–water partition coefficient (Wildman–Crippen LogP) is 2.70. The van der Waals surface area contributed by atoms with Gasteiger partial charge in [0.1, 0.15) is 5.52 Å². The molecule has 1 aromatic carbocycles. The fourth-order valence-corrected chi connectivity index (χ4v) is 2.82. The first-order chi connectivity index (χ1) is 10.6. The highest BCUT2D eigenvalue weighted by Gasteiger charge is 2.16. The third-order valence-electron chi connectivity index (χ3n) is 3.56. The minimum Gasteiger partial charge on any atom is -0.327 e. The molecule has 7 heteroatoms. The van der Waals surface area contributed by atoms with Crippen LogP contribution in [0.2, 0.25) is 0 Å². The zero-order valence-electron chi connectivity index (χ0n) is 11.5. The number of nitrogens with one attached hydrogen (secondary N) is 1. The van der Waals surface area contributed by atoms with Crippen molar-refractivity contribution in [1.82, 2.24) is 24.8 Å². The normalized spacial score (nSPS) is 11.4. The third kappa shape index (κ3) is 1.86. The van der Waals surface area contributed by atoms with Crippen LogP contribution in [-0.4, -0.2) is 24.8 Å². The monoisotopic (exact) mass is 355 g/mol. The second-order valence-electron chi connectivity index (χ2n) is 4.94. The van der Waals surface area contributed by atoms with E-state index < -0.39 is 0 Å². The average molecular weight is 356 g/mol. The van der Waals surface area contributed by atoms with Crippen LogP contribution < -0.4 is 5.56 Å². The SMILES string of the molecule is Cc1nn2c(nnc3c(=O)[nH]ccc32)c1-c1ccc(Br)cc1. The molecule has 0 radical (unpaired) electrons. The Hall–Kier alpha value is -2.54. The van der Waals surface area contributed by atoms with E-state index >= 15 is 0 Å². The second kappa shape index (κ2) is 4.74. The van der Waals surface area contributed by atoms with Crippen LogP contribution in [0.5, 0.6) is 0 Å². The zero-order chi connectivity index (χ0) is 15.3. The molecule has 0 unspecified atom stereocenters. The lowest BCUT2D eigenvalue weighted by Crippen LogP contribution is -2.10. The standard InChI is InChI=1S/C15H10BrN5O/c1-8-12(9-2-4-10(16)5-3-9)14-19-18-13-11(21(14)20-8)6-7-17-15(13)22/h2-7H,1H3,(H,17,22). The van der Waals surface area contributed by atoms with E-state index in [4.69, 9.17) is 0 Å². The molecule has 0 saturated carbocycles. The molecule has 0 fully saturated rings. The molecule has 0 aliphatic heterocycles. The number of fused-ring (bicyclic) bond motifs is 3. The van der Waals surface area contributed by atoms with Gasteiger partial charge in [-0.15, -0.1) is 10.2 Å². The molecule has 6 nitrogen and oxygen atoms in total. The molecular weight excluding hydrogens is 346 g/mol. The van der Waals surface area contributed by atoms with Gasteiger partial charge < -0.3 is 4.98 Å². The van der Waals surface area contributed by atoms with Gasteiger partial charge in [0.25, 0.3) is 5.56 Å². The van der Waals surface area contributed by atoms with Crippen LogP contribution in [0.15, 0.2) is 45.8 Å². The Morgan fingerprint density at radius 3 is 2.68 bits per heavy atom. The predicted molar refractivity (Wildman–Crippen MR) is 86.8 cm³/mol. The summed E-state index contributed by atoms with van der Waals surface area (Å²) in [5.41, 5.74) is 4.05. The number of rotatable bonds is 1. The number of H-pyrrole nitrogens is 1. The molecule has 1 N–H and O–H groups in total. The van der Waals surface area contributed by atoms with E-state index in [2.05, 4.69) is 36.2 Å². The topological polar surface area (TPSA) is 75.9 Å². The highest BCUT2D eigenvalue weighted by molar-refractivity contribution is 9.10. The Labute approximate surface area is 132 Å². The van der Waals surface area contributed by atoms with E-state index in [1.807, 2.05) is 31.2 Å². The van der Waals surface area contributed by atoms with Crippen molar-refractivity contribution in [1.29, 1.82) is 0 Å². The fourth-order valence-electron chi connectivity index (χ4n) is 2.55. The molecular formula is C15H10BrN5O. The lowest BCUT2D eigenvalue weighted by atomic mass is 10.1. The summed E-state index contributed by atoms with van der Waals surface area (Å²) >= 11 is 3.43. The van der Waals surface area contributed by atoms with Gasteiger partial charge in [-0.25, -0.2) is 4.52 Å². The van der Waals surface area contributed by atoms with Gasteiger partial charge >= 0.3 is 0 Å². The van der Waals surface area contributed by atoms with Crippen LogP contribution in [0.4, 0.5) is 0 Å². The van der Waals surface area contributed by atoms with Crippen molar-refractivity contribution in [2.24, 2.45) is 0 Å². The van der Waals surface area contributed by atoms with Gasteiger partial charge in [0, 0.05) is 10.7 Å². The van der Waals surface area contributed by atoms with Gasteiger partial charge in [-0.05, 0) is 30.7 Å². The molecule has 0 saturated heterocycles. The largest absolute Gasteiger partial charge is 0.327 e. The summed E-state index contributed by atoms with van der Waals surface area (Å²) < 4.78 is 2.68.